The number of ether oxygens (including phenoxy) is 1. The number of urea groups is 1. The van der Waals surface area contributed by atoms with Gasteiger partial charge in [0.15, 0.2) is 5.82 Å². The second-order valence-electron chi connectivity index (χ2n) is 11.2. The average Bonchev–Trinajstić information content (AvgIpc) is 3.58. The molecule has 1 aliphatic carbocycles. The van der Waals surface area contributed by atoms with E-state index in [4.69, 9.17) is 9.26 Å². The quantitative estimate of drug-likeness (QED) is 0.503. The first-order valence-electron chi connectivity index (χ1n) is 13.1. The van der Waals surface area contributed by atoms with Crippen LogP contribution in [-0.4, -0.2) is 46.2 Å². The van der Waals surface area contributed by atoms with E-state index in [0.717, 1.165) is 34.4 Å². The molecule has 1 saturated carbocycles. The van der Waals surface area contributed by atoms with Crippen molar-refractivity contribution in [2.45, 2.75) is 65.1 Å². The zero-order valence-corrected chi connectivity index (χ0v) is 22.6. The summed E-state index contributed by atoms with van der Waals surface area (Å²) >= 11 is 0. The van der Waals surface area contributed by atoms with Gasteiger partial charge in [-0.25, -0.2) is 4.79 Å². The number of benzene rings is 2. The number of hydrogen-bond acceptors (Lipinski definition) is 6. The van der Waals surface area contributed by atoms with E-state index in [1.807, 2.05) is 43.9 Å². The van der Waals surface area contributed by atoms with Gasteiger partial charge in [-0.15, -0.1) is 0 Å². The number of carbonyl (C=O) groups excluding carboxylic acids is 2. The molecule has 0 saturated heterocycles. The van der Waals surface area contributed by atoms with Gasteiger partial charge in [-0.05, 0) is 80.5 Å². The summed E-state index contributed by atoms with van der Waals surface area (Å²) < 4.78 is 10.7. The van der Waals surface area contributed by atoms with Crippen molar-refractivity contribution >= 4 is 11.9 Å². The summed E-state index contributed by atoms with van der Waals surface area (Å²) in [5.41, 5.74) is 5.17. The smallest absolute Gasteiger partial charge is 0.318 e. The summed E-state index contributed by atoms with van der Waals surface area (Å²) in [6.07, 6.45) is 1.43. The molecule has 3 amide bonds. The molecule has 38 heavy (non-hydrogen) atoms. The van der Waals surface area contributed by atoms with Crippen LogP contribution in [0.5, 0.6) is 5.75 Å². The van der Waals surface area contributed by atoms with Crippen molar-refractivity contribution < 1.29 is 18.8 Å². The molecule has 9 nitrogen and oxygen atoms in total. The van der Waals surface area contributed by atoms with Crippen LogP contribution in [0.2, 0.25) is 0 Å². The molecule has 9 heteroatoms. The monoisotopic (exact) mass is 517 g/mol. The van der Waals surface area contributed by atoms with Gasteiger partial charge in [-0.3, -0.25) is 4.79 Å². The predicted molar refractivity (Wildman–Crippen MR) is 143 cm³/mol. The van der Waals surface area contributed by atoms with Gasteiger partial charge >= 0.3 is 6.03 Å². The molecule has 0 unspecified atom stereocenters. The van der Waals surface area contributed by atoms with Crippen molar-refractivity contribution in [3.8, 4) is 16.9 Å². The van der Waals surface area contributed by atoms with Crippen molar-refractivity contribution in [3.63, 3.8) is 0 Å². The number of carbonyl (C=O) groups is 2. The molecule has 2 heterocycles. The van der Waals surface area contributed by atoms with E-state index in [9.17, 15) is 9.59 Å². The lowest BCUT2D eigenvalue weighted by atomic mass is 9.87. The number of aromatic nitrogens is 2. The third-order valence-corrected chi connectivity index (χ3v) is 7.10. The number of aryl methyl sites for hydroxylation is 1. The lowest BCUT2D eigenvalue weighted by Gasteiger charge is -2.34. The molecule has 1 aromatic heterocycles. The number of rotatable bonds is 6. The van der Waals surface area contributed by atoms with Crippen LogP contribution in [0, 0.1) is 12.8 Å². The largest absolute Gasteiger partial charge is 0.497 e. The zero-order chi connectivity index (χ0) is 27.0. The van der Waals surface area contributed by atoms with Gasteiger partial charge in [-0.2, -0.15) is 4.98 Å². The van der Waals surface area contributed by atoms with Gasteiger partial charge in [0.05, 0.1) is 18.9 Å². The molecule has 2 aromatic carbocycles. The minimum Gasteiger partial charge on any atom is -0.497 e. The van der Waals surface area contributed by atoms with E-state index in [-0.39, 0.29) is 29.3 Å². The van der Waals surface area contributed by atoms with E-state index in [1.54, 1.807) is 14.0 Å². The highest BCUT2D eigenvalue weighted by molar-refractivity contribution is 5.83. The Hall–Kier alpha value is -3.88. The molecule has 2 aliphatic rings. The number of hydrogen-bond donors (Lipinski definition) is 2. The van der Waals surface area contributed by atoms with E-state index < -0.39 is 0 Å². The fourth-order valence-corrected chi connectivity index (χ4v) is 5.08. The van der Waals surface area contributed by atoms with Crippen LogP contribution in [0.4, 0.5) is 4.79 Å². The Morgan fingerprint density at radius 3 is 2.71 bits per heavy atom. The van der Waals surface area contributed by atoms with Crippen LogP contribution in [-0.2, 0) is 24.3 Å². The van der Waals surface area contributed by atoms with E-state index >= 15 is 0 Å². The zero-order valence-electron chi connectivity index (χ0n) is 22.6. The van der Waals surface area contributed by atoms with Crippen LogP contribution in [0.1, 0.15) is 61.5 Å². The van der Waals surface area contributed by atoms with Gasteiger partial charge in [0.25, 0.3) is 0 Å². The first kappa shape index (κ1) is 25.8. The first-order valence-corrected chi connectivity index (χ1v) is 13.1. The summed E-state index contributed by atoms with van der Waals surface area (Å²) in [5, 5.41) is 10.0. The van der Waals surface area contributed by atoms with Crippen LogP contribution in [0.15, 0.2) is 40.9 Å². The Balaban J connectivity index is 1.38. The molecule has 200 valence electrons. The van der Waals surface area contributed by atoms with E-state index in [2.05, 4.69) is 39.0 Å². The molecule has 1 aliphatic heterocycles. The number of nitrogens with zero attached hydrogens (tertiary/aromatic N) is 3. The second kappa shape index (κ2) is 10.1. The van der Waals surface area contributed by atoms with Gasteiger partial charge in [-0.1, -0.05) is 29.4 Å². The van der Waals surface area contributed by atoms with Crippen LogP contribution < -0.4 is 15.4 Å². The van der Waals surface area contributed by atoms with Gasteiger partial charge in [0, 0.05) is 25.2 Å². The van der Waals surface area contributed by atoms with Crippen LogP contribution >= 0.6 is 0 Å². The van der Waals surface area contributed by atoms with Crippen LogP contribution in [0.25, 0.3) is 11.1 Å². The molecule has 0 radical (unpaired) electrons. The van der Waals surface area contributed by atoms with Gasteiger partial charge in [0.2, 0.25) is 11.8 Å². The SMILES string of the molecule is COc1cccc(-c2ccc(CNC(=O)[C@@H]3C[C@H]3c3nc(C)no3)c3c2CCN(C(=O)NC(C)(C)C)C3)c1. The van der Waals surface area contributed by atoms with E-state index in [1.165, 1.54) is 5.56 Å². The maximum absolute atomic E-state index is 13.0. The average molecular weight is 518 g/mol. The lowest BCUT2D eigenvalue weighted by Crippen LogP contribution is -2.50. The second-order valence-corrected chi connectivity index (χ2v) is 11.2. The Morgan fingerprint density at radius 1 is 1.18 bits per heavy atom. The number of fused-ring (bicyclic) bond motifs is 1. The molecule has 5 rings (SSSR count). The fraction of sp³-hybridized carbons (Fsp3) is 0.448. The maximum Gasteiger partial charge on any atom is 0.318 e. The van der Waals surface area contributed by atoms with Crippen LogP contribution in [0.3, 0.4) is 0 Å². The van der Waals surface area contributed by atoms with Crippen molar-refractivity contribution in [3.05, 3.63) is 64.8 Å². The summed E-state index contributed by atoms with van der Waals surface area (Å²) in [6.45, 7) is 9.19. The summed E-state index contributed by atoms with van der Waals surface area (Å²) in [5.74, 6) is 1.71. The summed E-state index contributed by atoms with van der Waals surface area (Å²) in [4.78, 5) is 32.1. The van der Waals surface area contributed by atoms with Crippen molar-refractivity contribution in [2.24, 2.45) is 5.92 Å². The third-order valence-electron chi connectivity index (χ3n) is 7.10. The number of amides is 3. The molecule has 0 spiro atoms. The molecule has 0 bridgehead atoms. The highest BCUT2D eigenvalue weighted by atomic mass is 16.5. The molecule has 1 fully saturated rings. The first-order chi connectivity index (χ1) is 18.1. The van der Waals surface area contributed by atoms with E-state index in [0.29, 0.717) is 37.8 Å². The minimum absolute atomic E-state index is 0.0165. The van der Waals surface area contributed by atoms with Crippen molar-refractivity contribution in [1.29, 1.82) is 0 Å². The molecule has 2 atom stereocenters. The molecular formula is C29H35N5O4. The predicted octanol–water partition coefficient (Wildman–Crippen LogP) is 4.34. The Morgan fingerprint density at radius 2 is 2.00 bits per heavy atom. The van der Waals surface area contributed by atoms with Gasteiger partial charge in [0.1, 0.15) is 5.75 Å². The Bertz CT molecular complexity index is 1360. The summed E-state index contributed by atoms with van der Waals surface area (Å²) in [7, 11) is 1.66. The number of methoxy groups -OCH3 is 1. The maximum atomic E-state index is 13.0. The highest BCUT2D eigenvalue weighted by Gasteiger charge is 2.47. The molecular weight excluding hydrogens is 482 g/mol. The van der Waals surface area contributed by atoms with Crippen molar-refractivity contribution in [1.82, 2.24) is 25.7 Å². The lowest BCUT2D eigenvalue weighted by molar-refractivity contribution is -0.122. The highest BCUT2D eigenvalue weighted by Crippen LogP contribution is 2.46. The minimum atomic E-state index is -0.325. The number of nitrogens with one attached hydrogen (secondary N) is 2. The van der Waals surface area contributed by atoms with Crippen molar-refractivity contribution in [2.75, 3.05) is 13.7 Å². The third kappa shape index (κ3) is 5.51. The molecule has 2 N–H and O–H groups in total. The van der Waals surface area contributed by atoms with Gasteiger partial charge < -0.3 is 24.8 Å². The topological polar surface area (TPSA) is 110 Å². The summed E-state index contributed by atoms with van der Waals surface area (Å²) in [6, 6.07) is 12.1. The molecule has 3 aromatic rings. The standard InChI is InChI=1S/C29H35N5O4/c1-17-31-27(38-33-17)24-14-23(24)26(35)30-15-19-9-10-21(18-7-6-8-20(13-18)37-5)22-11-12-34(16-25(19)22)28(36)32-29(2,3)4/h6-10,13,23-24H,11-12,14-16H2,1-5H3,(H,30,35)(H,32,36)/t23-,24-/m1/s1. The fourth-order valence-electron chi connectivity index (χ4n) is 5.08. The Kier molecular flexibility index (Phi) is 6.86. The normalized spacial score (nSPS) is 18.5. The Labute approximate surface area is 222 Å².